The number of hydrogen-bond donors (Lipinski definition) is 1. The fourth-order valence-corrected chi connectivity index (χ4v) is 4.07. The highest BCUT2D eigenvalue weighted by molar-refractivity contribution is 7.86. The van der Waals surface area contributed by atoms with Gasteiger partial charge >= 0.3 is 0 Å². The molecule has 0 amide bonds. The zero-order valence-electron chi connectivity index (χ0n) is 14.7. The number of rotatable bonds is 3. The first-order valence-electron chi connectivity index (χ1n) is 8.05. The Morgan fingerprint density at radius 2 is 2.15 bits per heavy atom. The van der Waals surface area contributed by atoms with Gasteiger partial charge in [-0.05, 0) is 13.8 Å². The van der Waals surface area contributed by atoms with Crippen molar-refractivity contribution in [2.75, 3.05) is 18.6 Å². The minimum Gasteiger partial charge on any atom is -0.368 e. The summed E-state index contributed by atoms with van der Waals surface area (Å²) < 4.78 is 48.0. The number of fused-ring (bicyclic) bond motifs is 2. The highest BCUT2D eigenvalue weighted by Crippen LogP contribution is 2.41. The minimum atomic E-state index is -3.81. The highest BCUT2D eigenvalue weighted by Gasteiger charge is 2.54. The molecular formula is C14H18ClN5O6S. The molecule has 0 aromatic carbocycles. The van der Waals surface area contributed by atoms with Crippen LogP contribution in [-0.2, 0) is 28.5 Å². The third-order valence-electron chi connectivity index (χ3n) is 4.26. The van der Waals surface area contributed by atoms with Gasteiger partial charge < -0.3 is 19.9 Å². The van der Waals surface area contributed by atoms with Crippen LogP contribution in [0.25, 0.3) is 11.2 Å². The fourth-order valence-electron chi connectivity index (χ4n) is 3.24. The molecule has 2 fully saturated rings. The van der Waals surface area contributed by atoms with Gasteiger partial charge in [-0.1, -0.05) is 11.6 Å². The molecule has 148 valence electrons. The van der Waals surface area contributed by atoms with Crippen LogP contribution in [0.3, 0.4) is 0 Å². The van der Waals surface area contributed by atoms with Gasteiger partial charge in [0.15, 0.2) is 28.9 Å². The Hall–Kier alpha value is -1.57. The maximum absolute atomic E-state index is 11.9. The van der Waals surface area contributed by atoms with Gasteiger partial charge in [0.1, 0.15) is 17.7 Å². The van der Waals surface area contributed by atoms with Crippen LogP contribution >= 0.6 is 11.6 Å². The van der Waals surface area contributed by atoms with E-state index in [0.717, 1.165) is 6.26 Å². The molecule has 2 aromatic heterocycles. The zero-order valence-corrected chi connectivity index (χ0v) is 16.3. The van der Waals surface area contributed by atoms with E-state index in [2.05, 4.69) is 15.0 Å². The molecule has 0 aliphatic carbocycles. The monoisotopic (exact) mass is 419 g/mol. The van der Waals surface area contributed by atoms with Crippen molar-refractivity contribution < 1.29 is 26.8 Å². The summed E-state index contributed by atoms with van der Waals surface area (Å²) in [7, 11) is -3.81. The van der Waals surface area contributed by atoms with Crippen LogP contribution in [0.1, 0.15) is 20.1 Å². The lowest BCUT2D eigenvalue weighted by atomic mass is 10.1. The second kappa shape index (κ2) is 6.22. The van der Waals surface area contributed by atoms with Crippen molar-refractivity contribution in [3.8, 4) is 0 Å². The minimum absolute atomic E-state index is 0.0500. The molecule has 0 bridgehead atoms. The predicted octanol–water partition coefficient (Wildman–Crippen LogP) is 0.456. The molecule has 2 aliphatic rings. The topological polar surface area (TPSA) is 141 Å². The predicted molar refractivity (Wildman–Crippen MR) is 93.3 cm³/mol. The van der Waals surface area contributed by atoms with Gasteiger partial charge in [-0.2, -0.15) is 18.4 Å². The van der Waals surface area contributed by atoms with Gasteiger partial charge in [0.2, 0.25) is 5.95 Å². The van der Waals surface area contributed by atoms with Gasteiger partial charge in [-0.25, -0.2) is 4.98 Å². The van der Waals surface area contributed by atoms with Crippen LogP contribution < -0.4 is 5.73 Å². The zero-order chi connectivity index (χ0) is 19.6. The van der Waals surface area contributed by atoms with E-state index in [0.29, 0.717) is 11.2 Å². The molecule has 0 radical (unpaired) electrons. The Kier molecular flexibility index (Phi) is 4.33. The molecule has 0 unspecified atom stereocenters. The lowest BCUT2D eigenvalue weighted by Gasteiger charge is -2.38. The van der Waals surface area contributed by atoms with E-state index in [-0.39, 0.29) is 17.7 Å². The Labute approximate surface area is 159 Å². The van der Waals surface area contributed by atoms with Crippen molar-refractivity contribution in [3.63, 3.8) is 0 Å². The summed E-state index contributed by atoms with van der Waals surface area (Å²) in [6.07, 6.45) is -0.729. The molecule has 11 nitrogen and oxygen atoms in total. The molecule has 2 saturated heterocycles. The van der Waals surface area contributed by atoms with Crippen LogP contribution in [0.15, 0.2) is 6.33 Å². The van der Waals surface area contributed by atoms with E-state index in [1.807, 2.05) is 0 Å². The quantitative estimate of drug-likeness (QED) is 0.550. The van der Waals surface area contributed by atoms with Crippen molar-refractivity contribution in [2.24, 2.45) is 0 Å². The van der Waals surface area contributed by atoms with Crippen LogP contribution in [0.2, 0.25) is 5.15 Å². The van der Waals surface area contributed by atoms with Gasteiger partial charge in [0.05, 0.1) is 19.2 Å². The summed E-state index contributed by atoms with van der Waals surface area (Å²) >= 11 is 6.06. The van der Waals surface area contributed by atoms with Gasteiger partial charge in [-0.15, -0.1) is 0 Å². The summed E-state index contributed by atoms with van der Waals surface area (Å²) in [5.41, 5.74) is 6.28. The molecule has 27 heavy (non-hydrogen) atoms. The Morgan fingerprint density at radius 3 is 2.85 bits per heavy atom. The lowest BCUT2D eigenvalue weighted by molar-refractivity contribution is -0.299. The fraction of sp³-hybridized carbons (Fsp3) is 0.643. The Bertz CT molecular complexity index is 995. The van der Waals surface area contributed by atoms with Gasteiger partial charge in [-0.3, -0.25) is 8.75 Å². The van der Waals surface area contributed by atoms with Crippen LogP contribution in [-0.4, -0.2) is 64.9 Å². The molecule has 0 spiro atoms. The number of ether oxygens (including phenoxy) is 3. The molecule has 0 saturated carbocycles. The summed E-state index contributed by atoms with van der Waals surface area (Å²) in [5, 5.41) is 0.0768. The van der Waals surface area contributed by atoms with Crippen molar-refractivity contribution >= 4 is 38.8 Å². The summed E-state index contributed by atoms with van der Waals surface area (Å²) in [5.74, 6) is -0.961. The summed E-state index contributed by atoms with van der Waals surface area (Å²) in [4.78, 5) is 12.2. The first kappa shape index (κ1) is 18.8. The maximum atomic E-state index is 11.9. The Morgan fingerprint density at radius 1 is 1.41 bits per heavy atom. The van der Waals surface area contributed by atoms with E-state index < -0.39 is 40.4 Å². The average Bonchev–Trinajstić information content (AvgIpc) is 3.07. The second-order valence-electron chi connectivity index (χ2n) is 6.82. The third kappa shape index (κ3) is 3.48. The second-order valence-corrected chi connectivity index (χ2v) is 8.78. The number of nitrogens with two attached hydrogens (primary N) is 1. The first-order chi connectivity index (χ1) is 12.5. The number of aromatic nitrogens is 4. The van der Waals surface area contributed by atoms with Crippen LogP contribution in [0, 0.1) is 0 Å². The van der Waals surface area contributed by atoms with E-state index >= 15 is 0 Å². The average molecular weight is 420 g/mol. The number of nitrogens with zero attached hydrogens (tertiary/aromatic N) is 4. The van der Waals surface area contributed by atoms with Crippen molar-refractivity contribution in [1.82, 2.24) is 19.5 Å². The summed E-state index contributed by atoms with van der Waals surface area (Å²) in [6.45, 7) is 3.67. The largest absolute Gasteiger partial charge is 0.368 e. The van der Waals surface area contributed by atoms with Crippen molar-refractivity contribution in [1.29, 1.82) is 0 Å². The van der Waals surface area contributed by atoms with E-state index in [1.165, 1.54) is 10.9 Å². The number of hydrogen-bond acceptors (Lipinski definition) is 10. The molecule has 4 heterocycles. The molecule has 2 aromatic rings. The smallest absolute Gasteiger partial charge is 0.264 e. The van der Waals surface area contributed by atoms with E-state index in [4.69, 9.17) is 35.7 Å². The molecule has 2 aliphatic heterocycles. The first-order valence-corrected chi connectivity index (χ1v) is 10.2. The van der Waals surface area contributed by atoms with E-state index in [9.17, 15) is 8.42 Å². The maximum Gasteiger partial charge on any atom is 0.264 e. The number of imidazole rings is 1. The molecular weight excluding hydrogens is 402 g/mol. The lowest BCUT2D eigenvalue weighted by Crippen LogP contribution is -2.50. The number of halogens is 1. The molecule has 4 atom stereocenters. The normalized spacial score (nSPS) is 30.5. The number of nitrogen functional groups attached to an aromatic ring is 1. The Balaban J connectivity index is 1.79. The molecule has 2 N–H and O–H groups in total. The van der Waals surface area contributed by atoms with Crippen molar-refractivity contribution in [3.05, 3.63) is 11.5 Å². The van der Waals surface area contributed by atoms with Crippen LogP contribution in [0.5, 0.6) is 0 Å². The van der Waals surface area contributed by atoms with Gasteiger partial charge in [0, 0.05) is 0 Å². The third-order valence-corrected chi connectivity index (χ3v) is 5.09. The van der Waals surface area contributed by atoms with Gasteiger partial charge in [0.25, 0.3) is 10.1 Å². The number of anilines is 1. The SMILES string of the molecule is CC1(C)OC[C@H]2O[C@@H](n3cnc4c(Cl)nc(N)nc43)[C@@H](OS(C)(=O)=O)[C@@H]2O1. The van der Waals surface area contributed by atoms with Crippen LogP contribution in [0.4, 0.5) is 5.95 Å². The van der Waals surface area contributed by atoms with E-state index in [1.54, 1.807) is 13.8 Å². The molecule has 13 heteroatoms. The molecule has 4 rings (SSSR count). The van der Waals surface area contributed by atoms with Crippen molar-refractivity contribution in [2.45, 2.75) is 44.2 Å². The standard InChI is InChI=1S/C14H18ClN5O6S/c1-14(2)23-4-6-8(25-14)9(26-27(3,21)22)12(24-6)20-5-17-7-10(15)18-13(16)19-11(7)20/h5-6,8-9,12H,4H2,1-3H3,(H2,16,18,19)/t6-,8-,9+,12-/m1/s1. The highest BCUT2D eigenvalue weighted by atomic mass is 35.5. The summed E-state index contributed by atoms with van der Waals surface area (Å²) in [6, 6.07) is 0.